The summed E-state index contributed by atoms with van der Waals surface area (Å²) in [5.41, 5.74) is -1.51. The first-order chi connectivity index (χ1) is 9.27. The molecule has 0 aromatic rings. The second kappa shape index (κ2) is 4.19. The zero-order valence-corrected chi connectivity index (χ0v) is 12.5. The van der Waals surface area contributed by atoms with Gasteiger partial charge in [-0.05, 0) is 26.2 Å². The van der Waals surface area contributed by atoms with E-state index in [0.717, 1.165) is 12.8 Å². The summed E-state index contributed by atoms with van der Waals surface area (Å²) in [6, 6.07) is 0. The van der Waals surface area contributed by atoms with Crippen molar-refractivity contribution in [3.8, 4) is 0 Å². The minimum atomic E-state index is -3.10. The Labute approximate surface area is 118 Å². The lowest BCUT2D eigenvalue weighted by Gasteiger charge is -2.46. The lowest BCUT2D eigenvalue weighted by Crippen LogP contribution is -2.70. The first-order valence-corrected chi connectivity index (χ1v) is 8.92. The fourth-order valence-electron chi connectivity index (χ4n) is 3.79. The summed E-state index contributed by atoms with van der Waals surface area (Å²) in [6.45, 7) is 1.77. The summed E-state index contributed by atoms with van der Waals surface area (Å²) in [6.07, 6.45) is 3.60. The van der Waals surface area contributed by atoms with Gasteiger partial charge in [-0.3, -0.25) is 9.59 Å². The molecule has 3 aliphatic rings. The maximum Gasteiger partial charge on any atom is 0.249 e. The number of carbonyl (C=O) groups is 2. The van der Waals surface area contributed by atoms with Crippen molar-refractivity contribution < 1.29 is 18.0 Å². The van der Waals surface area contributed by atoms with Gasteiger partial charge < -0.3 is 10.2 Å². The number of hydrogen-bond acceptors (Lipinski definition) is 4. The SMILES string of the molecule is CC1(N2CC(=O)NC3(CCCC3)C2=O)CCS(=O)(=O)C1. The van der Waals surface area contributed by atoms with Crippen LogP contribution in [-0.2, 0) is 19.4 Å². The zero-order valence-electron chi connectivity index (χ0n) is 11.6. The number of amides is 2. The van der Waals surface area contributed by atoms with Crippen molar-refractivity contribution in [2.24, 2.45) is 0 Å². The fourth-order valence-corrected chi connectivity index (χ4v) is 5.94. The topological polar surface area (TPSA) is 83.6 Å². The van der Waals surface area contributed by atoms with E-state index in [1.807, 2.05) is 0 Å². The van der Waals surface area contributed by atoms with Gasteiger partial charge in [0.1, 0.15) is 12.1 Å². The molecule has 2 saturated heterocycles. The van der Waals surface area contributed by atoms with Crippen LogP contribution >= 0.6 is 0 Å². The Hall–Kier alpha value is -1.11. The molecule has 2 heterocycles. The Balaban J connectivity index is 1.93. The predicted molar refractivity (Wildman–Crippen MR) is 72.7 cm³/mol. The molecule has 112 valence electrons. The number of hydrogen-bond donors (Lipinski definition) is 1. The van der Waals surface area contributed by atoms with Crippen LogP contribution in [0.4, 0.5) is 0 Å². The number of sulfone groups is 1. The van der Waals surface area contributed by atoms with E-state index in [4.69, 9.17) is 0 Å². The van der Waals surface area contributed by atoms with E-state index in [-0.39, 0.29) is 29.9 Å². The highest BCUT2D eigenvalue weighted by Crippen LogP contribution is 2.38. The second-order valence-corrected chi connectivity index (χ2v) is 8.75. The quantitative estimate of drug-likeness (QED) is 0.729. The Kier molecular flexibility index (Phi) is 2.90. The van der Waals surface area contributed by atoms with Crippen molar-refractivity contribution in [2.75, 3.05) is 18.1 Å². The fraction of sp³-hybridized carbons (Fsp3) is 0.846. The van der Waals surface area contributed by atoms with Crippen LogP contribution in [-0.4, -0.2) is 54.3 Å². The van der Waals surface area contributed by atoms with Gasteiger partial charge in [0.25, 0.3) is 0 Å². The van der Waals surface area contributed by atoms with Crippen molar-refractivity contribution in [2.45, 2.75) is 50.1 Å². The maximum atomic E-state index is 12.8. The molecule has 1 saturated carbocycles. The van der Waals surface area contributed by atoms with Crippen LogP contribution in [0.25, 0.3) is 0 Å². The molecule has 1 atom stereocenters. The monoisotopic (exact) mass is 300 g/mol. The van der Waals surface area contributed by atoms with Gasteiger partial charge >= 0.3 is 0 Å². The van der Waals surface area contributed by atoms with Crippen molar-refractivity contribution >= 4 is 21.7 Å². The molecule has 0 aromatic heterocycles. The number of carbonyl (C=O) groups excluding carboxylic acids is 2. The van der Waals surface area contributed by atoms with Gasteiger partial charge in [0.15, 0.2) is 9.84 Å². The summed E-state index contributed by atoms with van der Waals surface area (Å²) < 4.78 is 23.5. The van der Waals surface area contributed by atoms with Gasteiger partial charge in [-0.15, -0.1) is 0 Å². The first-order valence-electron chi connectivity index (χ1n) is 7.10. The van der Waals surface area contributed by atoms with E-state index < -0.39 is 20.9 Å². The highest BCUT2D eigenvalue weighted by molar-refractivity contribution is 7.91. The molecule has 3 fully saturated rings. The summed E-state index contributed by atoms with van der Waals surface area (Å²) >= 11 is 0. The van der Waals surface area contributed by atoms with Crippen LogP contribution in [0.15, 0.2) is 0 Å². The summed E-state index contributed by atoms with van der Waals surface area (Å²) in [7, 11) is -3.10. The average molecular weight is 300 g/mol. The van der Waals surface area contributed by atoms with Crippen LogP contribution in [0.1, 0.15) is 39.0 Å². The number of piperazine rings is 1. The van der Waals surface area contributed by atoms with Crippen molar-refractivity contribution in [3.05, 3.63) is 0 Å². The van der Waals surface area contributed by atoms with Gasteiger partial charge in [-0.1, -0.05) is 12.8 Å². The van der Waals surface area contributed by atoms with Gasteiger partial charge in [-0.25, -0.2) is 8.42 Å². The third-order valence-corrected chi connectivity index (χ3v) is 6.81. The highest BCUT2D eigenvalue weighted by atomic mass is 32.2. The highest BCUT2D eigenvalue weighted by Gasteiger charge is 2.54. The van der Waals surface area contributed by atoms with E-state index in [0.29, 0.717) is 19.3 Å². The van der Waals surface area contributed by atoms with Crippen molar-refractivity contribution in [1.82, 2.24) is 10.2 Å². The standard InChI is InChI=1S/C13H20N2O4S/c1-12(6-7-20(18,19)9-12)15-8-10(16)14-13(11(15)17)4-2-3-5-13/h2-9H2,1H3,(H,14,16). The molecular weight excluding hydrogens is 280 g/mol. The van der Waals surface area contributed by atoms with Crippen LogP contribution in [0.3, 0.4) is 0 Å². The smallest absolute Gasteiger partial charge is 0.249 e. The second-order valence-electron chi connectivity index (χ2n) is 6.57. The van der Waals surface area contributed by atoms with Gasteiger partial charge in [0.2, 0.25) is 11.8 Å². The molecule has 6 nitrogen and oxygen atoms in total. The molecule has 1 unspecified atom stereocenters. The third kappa shape index (κ3) is 2.03. The average Bonchev–Trinajstić information content (AvgIpc) is 2.90. The Morgan fingerprint density at radius 2 is 1.80 bits per heavy atom. The van der Waals surface area contributed by atoms with Crippen LogP contribution in [0.2, 0.25) is 0 Å². The largest absolute Gasteiger partial charge is 0.340 e. The lowest BCUT2D eigenvalue weighted by atomic mass is 9.88. The molecule has 2 amide bonds. The van der Waals surface area contributed by atoms with Gasteiger partial charge in [0, 0.05) is 0 Å². The van der Waals surface area contributed by atoms with E-state index in [1.165, 1.54) is 4.90 Å². The molecule has 1 spiro atoms. The molecule has 0 radical (unpaired) electrons. The Bertz CT molecular complexity index is 565. The van der Waals surface area contributed by atoms with Crippen LogP contribution in [0, 0.1) is 0 Å². The number of nitrogens with zero attached hydrogens (tertiary/aromatic N) is 1. The van der Waals surface area contributed by atoms with Crippen LogP contribution < -0.4 is 5.32 Å². The predicted octanol–water partition coefficient (Wildman–Crippen LogP) is -0.165. The van der Waals surface area contributed by atoms with E-state index in [1.54, 1.807) is 6.92 Å². The van der Waals surface area contributed by atoms with Crippen LogP contribution in [0.5, 0.6) is 0 Å². The maximum absolute atomic E-state index is 12.8. The molecule has 3 rings (SSSR count). The van der Waals surface area contributed by atoms with Gasteiger partial charge in [0.05, 0.1) is 17.0 Å². The molecule has 1 N–H and O–H groups in total. The Morgan fingerprint density at radius 3 is 2.35 bits per heavy atom. The molecular formula is C13H20N2O4S. The van der Waals surface area contributed by atoms with E-state index in [9.17, 15) is 18.0 Å². The minimum absolute atomic E-state index is 0.0212. The summed E-state index contributed by atoms with van der Waals surface area (Å²) in [5, 5.41) is 2.85. The molecule has 0 aromatic carbocycles. The Morgan fingerprint density at radius 1 is 1.15 bits per heavy atom. The molecule has 1 aliphatic carbocycles. The molecule has 7 heteroatoms. The minimum Gasteiger partial charge on any atom is -0.340 e. The molecule has 2 aliphatic heterocycles. The van der Waals surface area contributed by atoms with Crippen molar-refractivity contribution in [1.29, 1.82) is 0 Å². The lowest BCUT2D eigenvalue weighted by molar-refractivity contribution is -0.155. The molecule has 0 bridgehead atoms. The normalized spacial score (nSPS) is 35.5. The van der Waals surface area contributed by atoms with Gasteiger partial charge in [-0.2, -0.15) is 0 Å². The van der Waals surface area contributed by atoms with Crippen molar-refractivity contribution in [3.63, 3.8) is 0 Å². The zero-order chi connectivity index (χ0) is 14.6. The summed E-state index contributed by atoms with van der Waals surface area (Å²) in [5.74, 6) is -0.192. The summed E-state index contributed by atoms with van der Waals surface area (Å²) in [4.78, 5) is 26.3. The third-order valence-electron chi connectivity index (χ3n) is 4.93. The first kappa shape index (κ1) is 13.9. The molecule has 20 heavy (non-hydrogen) atoms. The number of rotatable bonds is 1. The van der Waals surface area contributed by atoms with E-state index >= 15 is 0 Å². The number of nitrogens with one attached hydrogen (secondary N) is 1. The van der Waals surface area contributed by atoms with E-state index in [2.05, 4.69) is 5.32 Å².